The number of nitrogens with zero attached hydrogens (tertiary/aromatic N) is 2. The van der Waals surface area contributed by atoms with Crippen molar-refractivity contribution in [1.29, 1.82) is 0 Å². The van der Waals surface area contributed by atoms with Gasteiger partial charge in [-0.1, -0.05) is 41.9 Å². The molecule has 4 rings (SSSR count). The van der Waals surface area contributed by atoms with Crippen LogP contribution in [0.2, 0.25) is 5.02 Å². The summed E-state index contributed by atoms with van der Waals surface area (Å²) >= 11 is 5.98. The predicted molar refractivity (Wildman–Crippen MR) is 123 cm³/mol. The fraction of sp³-hybridized carbons (Fsp3) is 0.120. The highest BCUT2D eigenvalue weighted by atomic mass is 35.5. The number of benzene rings is 3. The molecule has 0 spiro atoms. The van der Waals surface area contributed by atoms with E-state index in [0.717, 1.165) is 16.9 Å². The van der Waals surface area contributed by atoms with Gasteiger partial charge >= 0.3 is 0 Å². The van der Waals surface area contributed by atoms with Crippen LogP contribution in [0.5, 0.6) is 5.75 Å². The summed E-state index contributed by atoms with van der Waals surface area (Å²) in [6, 6.07) is 19.2. The van der Waals surface area contributed by atoms with Crippen molar-refractivity contribution >= 4 is 23.2 Å². The molecule has 0 aliphatic heterocycles. The van der Waals surface area contributed by atoms with Crippen LogP contribution in [0.25, 0.3) is 0 Å². The molecule has 0 aliphatic rings. The molecule has 0 atom stereocenters. The molecule has 0 fully saturated rings. The minimum atomic E-state index is -0.290. The first-order valence-electron chi connectivity index (χ1n) is 10.0. The van der Waals surface area contributed by atoms with E-state index in [1.807, 2.05) is 31.2 Å². The number of halogens is 2. The summed E-state index contributed by atoms with van der Waals surface area (Å²) in [5.41, 5.74) is 3.36. The van der Waals surface area contributed by atoms with Gasteiger partial charge in [-0.3, -0.25) is 9.48 Å². The van der Waals surface area contributed by atoms with E-state index in [4.69, 9.17) is 16.3 Å². The normalized spacial score (nSPS) is 10.7. The zero-order valence-electron chi connectivity index (χ0n) is 17.4. The van der Waals surface area contributed by atoms with E-state index in [1.165, 1.54) is 12.3 Å². The molecular formula is C25H21ClFN3O2. The zero-order chi connectivity index (χ0) is 22.5. The Labute approximate surface area is 190 Å². The average molecular weight is 450 g/mol. The lowest BCUT2D eigenvalue weighted by molar-refractivity contribution is 0.102. The molecule has 0 saturated heterocycles. The standard InChI is InChI=1S/C25H21ClFN3O2/c1-17-11-21(26)9-10-24(17)32-16-18-5-4-7-19(12-18)25(31)29-22-13-28-30(15-22)14-20-6-2-3-8-23(20)27/h2-13,15H,14,16H2,1H3,(H,29,31). The monoisotopic (exact) mass is 449 g/mol. The van der Waals surface area contributed by atoms with Gasteiger partial charge in [0.25, 0.3) is 5.91 Å². The largest absolute Gasteiger partial charge is 0.489 e. The fourth-order valence-electron chi connectivity index (χ4n) is 3.26. The highest BCUT2D eigenvalue weighted by molar-refractivity contribution is 6.30. The van der Waals surface area contributed by atoms with Gasteiger partial charge in [-0.2, -0.15) is 5.10 Å². The Kier molecular flexibility index (Phi) is 6.52. The Hall–Kier alpha value is -3.64. The van der Waals surface area contributed by atoms with Crippen molar-refractivity contribution in [1.82, 2.24) is 9.78 Å². The molecule has 1 aromatic heterocycles. The van der Waals surface area contributed by atoms with E-state index in [2.05, 4.69) is 10.4 Å². The van der Waals surface area contributed by atoms with Crippen LogP contribution in [0.3, 0.4) is 0 Å². The molecule has 162 valence electrons. The van der Waals surface area contributed by atoms with E-state index in [9.17, 15) is 9.18 Å². The van der Waals surface area contributed by atoms with Gasteiger partial charge in [0.2, 0.25) is 0 Å². The summed E-state index contributed by atoms with van der Waals surface area (Å²) in [6.07, 6.45) is 3.20. The van der Waals surface area contributed by atoms with Crippen molar-refractivity contribution in [2.75, 3.05) is 5.32 Å². The number of carbonyl (C=O) groups is 1. The molecule has 0 saturated carbocycles. The molecule has 0 aliphatic carbocycles. The number of hydrogen-bond donors (Lipinski definition) is 1. The molecule has 0 unspecified atom stereocenters. The molecule has 1 amide bonds. The van der Waals surface area contributed by atoms with Crippen molar-refractivity contribution in [3.05, 3.63) is 112 Å². The van der Waals surface area contributed by atoms with Gasteiger partial charge < -0.3 is 10.1 Å². The summed E-state index contributed by atoms with van der Waals surface area (Å²) in [5, 5.41) is 7.68. The van der Waals surface area contributed by atoms with Crippen LogP contribution in [-0.2, 0) is 13.2 Å². The third-order valence-corrected chi connectivity index (χ3v) is 5.14. The number of rotatable bonds is 7. The lowest BCUT2D eigenvalue weighted by Crippen LogP contribution is -2.12. The van der Waals surface area contributed by atoms with Crippen molar-refractivity contribution in [2.24, 2.45) is 0 Å². The second-order valence-corrected chi connectivity index (χ2v) is 7.81. The van der Waals surface area contributed by atoms with Crippen molar-refractivity contribution < 1.29 is 13.9 Å². The quantitative estimate of drug-likeness (QED) is 0.384. The Morgan fingerprint density at radius 1 is 1.12 bits per heavy atom. The van der Waals surface area contributed by atoms with Gasteiger partial charge in [-0.25, -0.2) is 4.39 Å². The maximum Gasteiger partial charge on any atom is 0.255 e. The second kappa shape index (κ2) is 9.66. The molecule has 4 aromatic rings. The number of hydrogen-bond acceptors (Lipinski definition) is 3. The van der Waals surface area contributed by atoms with Crippen LogP contribution in [0.15, 0.2) is 79.1 Å². The highest BCUT2D eigenvalue weighted by Crippen LogP contribution is 2.23. The van der Waals surface area contributed by atoms with Crippen LogP contribution >= 0.6 is 11.6 Å². The minimum Gasteiger partial charge on any atom is -0.489 e. The third kappa shape index (κ3) is 5.34. The number of nitrogens with one attached hydrogen (secondary N) is 1. The summed E-state index contributed by atoms with van der Waals surface area (Å²) in [6.45, 7) is 2.53. The Bertz CT molecular complexity index is 1260. The van der Waals surface area contributed by atoms with Crippen molar-refractivity contribution in [2.45, 2.75) is 20.1 Å². The second-order valence-electron chi connectivity index (χ2n) is 7.37. The predicted octanol–water partition coefficient (Wildman–Crippen LogP) is 5.86. The Morgan fingerprint density at radius 3 is 2.78 bits per heavy atom. The van der Waals surface area contributed by atoms with E-state index < -0.39 is 0 Å². The van der Waals surface area contributed by atoms with E-state index in [0.29, 0.717) is 28.4 Å². The first-order chi connectivity index (χ1) is 15.5. The molecule has 5 nitrogen and oxygen atoms in total. The summed E-state index contributed by atoms with van der Waals surface area (Å²) in [5.74, 6) is 0.188. The van der Waals surface area contributed by atoms with Gasteiger partial charge in [-0.05, 0) is 54.4 Å². The van der Waals surface area contributed by atoms with Crippen LogP contribution in [-0.4, -0.2) is 15.7 Å². The average Bonchev–Trinajstić information content (AvgIpc) is 3.21. The maximum absolute atomic E-state index is 13.8. The smallest absolute Gasteiger partial charge is 0.255 e. The molecular weight excluding hydrogens is 429 g/mol. The minimum absolute atomic E-state index is 0.264. The van der Waals surface area contributed by atoms with E-state index in [-0.39, 0.29) is 18.3 Å². The number of carbonyl (C=O) groups excluding carboxylic acids is 1. The van der Waals surface area contributed by atoms with Crippen LogP contribution in [0.4, 0.5) is 10.1 Å². The molecule has 0 radical (unpaired) electrons. The molecule has 7 heteroatoms. The van der Waals surface area contributed by atoms with Gasteiger partial charge in [0.15, 0.2) is 0 Å². The molecule has 32 heavy (non-hydrogen) atoms. The number of anilines is 1. The number of amides is 1. The van der Waals surface area contributed by atoms with Crippen LogP contribution in [0, 0.1) is 12.7 Å². The first-order valence-corrected chi connectivity index (χ1v) is 10.4. The number of ether oxygens (including phenoxy) is 1. The molecule has 3 aromatic carbocycles. The van der Waals surface area contributed by atoms with Gasteiger partial charge in [-0.15, -0.1) is 0 Å². The van der Waals surface area contributed by atoms with Crippen LogP contribution in [0.1, 0.15) is 27.0 Å². The fourth-order valence-corrected chi connectivity index (χ4v) is 3.48. The summed E-state index contributed by atoms with van der Waals surface area (Å²) < 4.78 is 21.3. The van der Waals surface area contributed by atoms with Gasteiger partial charge in [0.05, 0.1) is 18.4 Å². The van der Waals surface area contributed by atoms with Gasteiger partial charge in [0, 0.05) is 22.3 Å². The SMILES string of the molecule is Cc1cc(Cl)ccc1OCc1cccc(C(=O)Nc2cnn(Cc3ccccc3F)c2)c1. The highest BCUT2D eigenvalue weighted by Gasteiger charge is 2.10. The molecule has 0 bridgehead atoms. The molecule has 1 N–H and O–H groups in total. The summed E-state index contributed by atoms with van der Waals surface area (Å²) in [7, 11) is 0. The Morgan fingerprint density at radius 2 is 1.97 bits per heavy atom. The summed E-state index contributed by atoms with van der Waals surface area (Å²) in [4.78, 5) is 12.7. The van der Waals surface area contributed by atoms with Gasteiger partial charge in [0.1, 0.15) is 18.2 Å². The zero-order valence-corrected chi connectivity index (χ0v) is 18.1. The van der Waals surface area contributed by atoms with E-state index in [1.54, 1.807) is 47.3 Å². The number of aromatic nitrogens is 2. The topological polar surface area (TPSA) is 56.1 Å². The van der Waals surface area contributed by atoms with Crippen molar-refractivity contribution in [3.63, 3.8) is 0 Å². The van der Waals surface area contributed by atoms with Crippen LogP contribution < -0.4 is 10.1 Å². The lowest BCUT2D eigenvalue weighted by Gasteiger charge is -2.10. The lowest BCUT2D eigenvalue weighted by atomic mass is 10.1. The maximum atomic E-state index is 13.8. The molecule has 1 heterocycles. The third-order valence-electron chi connectivity index (χ3n) is 4.90. The Balaban J connectivity index is 1.39. The van der Waals surface area contributed by atoms with E-state index >= 15 is 0 Å². The first kappa shape index (κ1) is 21.6. The van der Waals surface area contributed by atoms with Crippen molar-refractivity contribution in [3.8, 4) is 5.75 Å². The number of aryl methyl sites for hydroxylation is 1.